The molecule has 134 valence electrons. The van der Waals surface area contributed by atoms with Crippen LogP contribution in [0.5, 0.6) is 0 Å². The number of carbonyl (C=O) groups excluding carboxylic acids is 1. The lowest BCUT2D eigenvalue weighted by Gasteiger charge is -2.24. The fraction of sp³-hybridized carbons (Fsp3) is 0.200. The van der Waals surface area contributed by atoms with Crippen LogP contribution in [0.1, 0.15) is 11.8 Å². The van der Waals surface area contributed by atoms with Gasteiger partial charge < -0.3 is 9.64 Å². The summed E-state index contributed by atoms with van der Waals surface area (Å²) in [4.78, 5) is 30.2. The second-order valence-electron chi connectivity index (χ2n) is 6.21. The van der Waals surface area contributed by atoms with E-state index in [2.05, 4.69) is 9.98 Å². The summed E-state index contributed by atoms with van der Waals surface area (Å²) in [6, 6.07) is 14.1. The number of esters is 1. The Morgan fingerprint density at radius 3 is 2.89 bits per heavy atom. The average molecular weight is 376 g/mol. The summed E-state index contributed by atoms with van der Waals surface area (Å²) < 4.78 is 5.19. The van der Waals surface area contributed by atoms with Gasteiger partial charge in [0.2, 0.25) is 5.84 Å². The van der Waals surface area contributed by atoms with Gasteiger partial charge in [0.05, 0.1) is 29.4 Å². The highest BCUT2D eigenvalue weighted by Gasteiger charge is 2.36. The van der Waals surface area contributed by atoms with Crippen LogP contribution in [0, 0.1) is 0 Å². The molecule has 0 bridgehead atoms. The van der Waals surface area contributed by atoms with Crippen molar-refractivity contribution in [1.82, 2.24) is 9.88 Å². The highest BCUT2D eigenvalue weighted by molar-refractivity contribution is 7.21. The molecule has 2 aromatic heterocycles. The maximum Gasteiger partial charge on any atom is 0.374 e. The number of amidine groups is 2. The van der Waals surface area contributed by atoms with Crippen LogP contribution in [0.25, 0.3) is 21.5 Å². The smallest absolute Gasteiger partial charge is 0.374 e. The molecular formula is C20H16N4O2S. The molecule has 0 saturated carbocycles. The maximum absolute atomic E-state index is 12.4. The maximum atomic E-state index is 12.4. The van der Waals surface area contributed by atoms with Crippen LogP contribution < -0.4 is 0 Å². The normalized spacial score (nSPS) is 15.2. The van der Waals surface area contributed by atoms with Crippen molar-refractivity contribution < 1.29 is 9.53 Å². The summed E-state index contributed by atoms with van der Waals surface area (Å²) in [5.74, 6) is 0.700. The van der Waals surface area contributed by atoms with E-state index in [9.17, 15) is 4.79 Å². The zero-order valence-electron chi connectivity index (χ0n) is 14.7. The summed E-state index contributed by atoms with van der Waals surface area (Å²) in [6.07, 6.45) is 0. The first-order valence-electron chi connectivity index (χ1n) is 8.83. The van der Waals surface area contributed by atoms with Crippen molar-refractivity contribution in [3.05, 3.63) is 47.3 Å². The second kappa shape index (κ2) is 6.28. The molecule has 0 unspecified atom stereocenters. The standard InChI is InChI=1S/C20H16N4O2S/c1-2-26-20(25)18-23-15-13-8-9-14(12-6-4-3-5-7-12)22-19(13)27-16(15)17-21-10-11-24(17)18/h3-9H,2,10-11H2,1H3. The van der Waals surface area contributed by atoms with Crippen LogP contribution in [0.15, 0.2) is 52.4 Å². The molecule has 2 aliphatic heterocycles. The van der Waals surface area contributed by atoms with Gasteiger partial charge in [-0.05, 0) is 19.1 Å². The number of pyridine rings is 1. The molecule has 27 heavy (non-hydrogen) atoms. The summed E-state index contributed by atoms with van der Waals surface area (Å²) >= 11 is 1.57. The van der Waals surface area contributed by atoms with Crippen LogP contribution >= 0.6 is 11.3 Å². The molecule has 6 nitrogen and oxygen atoms in total. The number of ether oxygens (including phenoxy) is 1. The zero-order chi connectivity index (χ0) is 18.4. The second-order valence-corrected chi connectivity index (χ2v) is 7.21. The van der Waals surface area contributed by atoms with Gasteiger partial charge in [-0.15, -0.1) is 11.3 Å². The number of nitrogens with zero attached hydrogens (tertiary/aromatic N) is 4. The Morgan fingerprint density at radius 1 is 1.22 bits per heavy atom. The predicted octanol–water partition coefficient (Wildman–Crippen LogP) is 3.63. The monoisotopic (exact) mass is 376 g/mol. The molecule has 2 aliphatic rings. The van der Waals surface area contributed by atoms with Crippen LogP contribution in [-0.2, 0) is 9.53 Å². The lowest BCUT2D eigenvalue weighted by Crippen LogP contribution is -2.42. The van der Waals surface area contributed by atoms with Gasteiger partial charge in [0, 0.05) is 17.5 Å². The van der Waals surface area contributed by atoms with Crippen molar-refractivity contribution in [2.24, 2.45) is 9.98 Å². The van der Waals surface area contributed by atoms with E-state index in [0.29, 0.717) is 25.5 Å². The number of benzene rings is 1. The highest BCUT2D eigenvalue weighted by atomic mass is 32.1. The molecule has 0 spiro atoms. The van der Waals surface area contributed by atoms with Gasteiger partial charge in [-0.2, -0.15) is 0 Å². The first-order valence-corrected chi connectivity index (χ1v) is 9.65. The molecule has 5 rings (SSSR count). The fourth-order valence-corrected chi connectivity index (χ4v) is 4.49. The SMILES string of the molecule is CCOC(=O)C1=Nc2c(sc3nc(-c4ccccc4)ccc23)C2=NCCN12. The molecule has 0 saturated heterocycles. The average Bonchev–Trinajstić information content (AvgIpc) is 3.32. The van der Waals surface area contributed by atoms with Crippen molar-refractivity contribution >= 4 is 44.9 Å². The van der Waals surface area contributed by atoms with Gasteiger partial charge in [-0.1, -0.05) is 30.3 Å². The molecule has 3 aromatic rings. The third-order valence-corrected chi connectivity index (χ3v) is 5.66. The van der Waals surface area contributed by atoms with E-state index in [0.717, 1.165) is 37.9 Å². The fourth-order valence-electron chi connectivity index (χ4n) is 3.36. The number of fused-ring (bicyclic) bond motifs is 5. The molecular weight excluding hydrogens is 360 g/mol. The van der Waals surface area contributed by atoms with Crippen LogP contribution in [-0.4, -0.2) is 47.2 Å². The van der Waals surface area contributed by atoms with Crippen molar-refractivity contribution in [1.29, 1.82) is 0 Å². The third kappa shape index (κ3) is 2.54. The minimum Gasteiger partial charge on any atom is -0.460 e. The van der Waals surface area contributed by atoms with E-state index in [1.54, 1.807) is 18.3 Å². The Kier molecular flexibility index (Phi) is 3.75. The van der Waals surface area contributed by atoms with Crippen molar-refractivity contribution in [3.63, 3.8) is 0 Å². The van der Waals surface area contributed by atoms with Gasteiger partial charge in [0.1, 0.15) is 10.7 Å². The molecule has 1 aromatic carbocycles. The summed E-state index contributed by atoms with van der Waals surface area (Å²) in [5, 5.41) is 0.936. The van der Waals surface area contributed by atoms with Gasteiger partial charge in [-0.3, -0.25) is 4.99 Å². The van der Waals surface area contributed by atoms with Gasteiger partial charge in [0.15, 0.2) is 0 Å². The van der Waals surface area contributed by atoms with Crippen molar-refractivity contribution in [3.8, 4) is 11.3 Å². The van der Waals surface area contributed by atoms with Crippen LogP contribution in [0.3, 0.4) is 0 Å². The van der Waals surface area contributed by atoms with E-state index in [1.165, 1.54) is 0 Å². The van der Waals surface area contributed by atoms with E-state index < -0.39 is 5.97 Å². The van der Waals surface area contributed by atoms with Crippen molar-refractivity contribution in [2.75, 3.05) is 19.7 Å². The van der Waals surface area contributed by atoms with E-state index in [1.807, 2.05) is 47.4 Å². The number of carbonyl (C=O) groups is 1. The Labute approximate surface area is 159 Å². The summed E-state index contributed by atoms with van der Waals surface area (Å²) in [6.45, 7) is 3.39. The Bertz CT molecular complexity index is 1120. The minimum atomic E-state index is -0.411. The number of rotatable bonds is 3. The molecule has 7 heteroatoms. The topological polar surface area (TPSA) is 67.1 Å². The van der Waals surface area contributed by atoms with Crippen LogP contribution in [0.2, 0.25) is 0 Å². The Balaban J connectivity index is 1.67. The van der Waals surface area contributed by atoms with E-state index in [4.69, 9.17) is 9.72 Å². The van der Waals surface area contributed by atoms with Gasteiger partial charge in [-0.25, -0.2) is 14.8 Å². The van der Waals surface area contributed by atoms with Crippen molar-refractivity contribution in [2.45, 2.75) is 6.92 Å². The Morgan fingerprint density at radius 2 is 2.07 bits per heavy atom. The molecule has 0 N–H and O–H groups in total. The lowest BCUT2D eigenvalue weighted by atomic mass is 10.1. The van der Waals surface area contributed by atoms with Gasteiger partial charge in [0.25, 0.3) is 0 Å². The molecule has 0 atom stereocenters. The zero-order valence-corrected chi connectivity index (χ0v) is 15.5. The summed E-state index contributed by atoms with van der Waals surface area (Å²) in [7, 11) is 0. The third-order valence-electron chi connectivity index (χ3n) is 4.57. The number of thiophene rings is 1. The number of aromatic nitrogens is 1. The molecule has 4 heterocycles. The Hall–Kier alpha value is -3.06. The van der Waals surface area contributed by atoms with E-state index in [-0.39, 0.29) is 0 Å². The highest BCUT2D eigenvalue weighted by Crippen LogP contribution is 2.42. The molecule has 0 amide bonds. The van der Waals surface area contributed by atoms with E-state index >= 15 is 0 Å². The van der Waals surface area contributed by atoms with Crippen LogP contribution in [0.4, 0.5) is 5.69 Å². The number of hydrogen-bond donors (Lipinski definition) is 0. The quantitative estimate of drug-likeness (QED) is 0.655. The summed E-state index contributed by atoms with van der Waals surface area (Å²) in [5.41, 5.74) is 2.75. The number of hydrogen-bond acceptors (Lipinski definition) is 7. The molecule has 0 fully saturated rings. The lowest BCUT2D eigenvalue weighted by molar-refractivity contribution is -0.135. The minimum absolute atomic E-state index is 0.312. The molecule has 0 aliphatic carbocycles. The predicted molar refractivity (Wildman–Crippen MR) is 107 cm³/mol. The largest absolute Gasteiger partial charge is 0.460 e. The number of aliphatic imine (C=N–C) groups is 2. The molecule has 0 radical (unpaired) electrons. The first-order chi connectivity index (χ1) is 13.3. The first kappa shape index (κ1) is 16.1. The van der Waals surface area contributed by atoms with Gasteiger partial charge >= 0.3 is 5.97 Å².